The predicted octanol–water partition coefficient (Wildman–Crippen LogP) is 1.95. The maximum Gasteiger partial charge on any atom is 0.235 e. The summed E-state index contributed by atoms with van der Waals surface area (Å²) in [5.41, 5.74) is 6.32. The fraction of sp³-hybridized carbons (Fsp3) is 0.500. The summed E-state index contributed by atoms with van der Waals surface area (Å²) < 4.78 is 25.6. The molecule has 1 saturated heterocycles. The second-order valence-corrected chi connectivity index (χ2v) is 7.62. The Labute approximate surface area is 135 Å². The molecule has 2 rings (SSSR count). The fourth-order valence-electron chi connectivity index (χ4n) is 2.32. The first-order chi connectivity index (χ1) is 10.4. The third-order valence-electron chi connectivity index (χ3n) is 3.47. The summed E-state index contributed by atoms with van der Waals surface area (Å²) in [6, 6.07) is 4.85. The van der Waals surface area contributed by atoms with Gasteiger partial charge >= 0.3 is 0 Å². The average molecular weight is 346 g/mol. The lowest BCUT2D eigenvalue weighted by Crippen LogP contribution is -2.37. The van der Waals surface area contributed by atoms with Crippen molar-refractivity contribution in [2.24, 2.45) is 5.73 Å². The molecule has 0 atom stereocenters. The smallest absolute Gasteiger partial charge is 0.235 e. The molecule has 1 aromatic carbocycles. The molecular formula is C14H20ClN3O3S. The molecule has 0 unspecified atom stereocenters. The van der Waals surface area contributed by atoms with E-state index in [1.165, 1.54) is 4.31 Å². The van der Waals surface area contributed by atoms with Crippen molar-refractivity contribution < 1.29 is 13.2 Å². The predicted molar refractivity (Wildman–Crippen MR) is 88.7 cm³/mol. The van der Waals surface area contributed by atoms with E-state index < -0.39 is 10.0 Å². The van der Waals surface area contributed by atoms with Gasteiger partial charge in [-0.2, -0.15) is 0 Å². The molecular weight excluding hydrogens is 326 g/mol. The van der Waals surface area contributed by atoms with Crippen molar-refractivity contribution >= 4 is 38.9 Å². The Balaban J connectivity index is 2.21. The van der Waals surface area contributed by atoms with Gasteiger partial charge in [-0.25, -0.2) is 8.42 Å². The largest absolute Gasteiger partial charge is 0.330 e. The molecule has 8 heteroatoms. The Kier molecular flexibility index (Phi) is 5.66. The minimum absolute atomic E-state index is 0.147. The zero-order valence-corrected chi connectivity index (χ0v) is 13.8. The highest BCUT2D eigenvalue weighted by molar-refractivity contribution is 7.92. The van der Waals surface area contributed by atoms with Crippen LogP contribution in [0.15, 0.2) is 18.2 Å². The summed E-state index contributed by atoms with van der Waals surface area (Å²) >= 11 is 6.08. The summed E-state index contributed by atoms with van der Waals surface area (Å²) in [6.45, 7) is 0.887. The number of carbonyl (C=O) groups excluding carboxylic acids is 1. The molecule has 1 aromatic rings. The van der Waals surface area contributed by atoms with E-state index in [9.17, 15) is 13.2 Å². The fourth-order valence-corrected chi connectivity index (χ4v) is 4.11. The van der Waals surface area contributed by atoms with Gasteiger partial charge in [-0.3, -0.25) is 9.10 Å². The number of hydrogen-bond donors (Lipinski definition) is 2. The number of nitrogens with one attached hydrogen (secondary N) is 1. The molecule has 22 heavy (non-hydrogen) atoms. The normalized spacial score (nSPS) is 17.3. The van der Waals surface area contributed by atoms with Crippen LogP contribution < -0.4 is 15.4 Å². The third kappa shape index (κ3) is 4.12. The number of benzene rings is 1. The quantitative estimate of drug-likeness (QED) is 0.853. The number of hydrogen-bond acceptors (Lipinski definition) is 4. The van der Waals surface area contributed by atoms with Gasteiger partial charge in [0.1, 0.15) is 0 Å². The molecule has 6 nitrogen and oxygen atoms in total. The summed E-state index contributed by atoms with van der Waals surface area (Å²) in [5, 5.41) is 3.08. The molecule has 0 saturated carbocycles. The van der Waals surface area contributed by atoms with Crippen LogP contribution in [0.5, 0.6) is 0 Å². The first-order valence-electron chi connectivity index (χ1n) is 7.24. The van der Waals surface area contributed by atoms with Crippen LogP contribution in [0.2, 0.25) is 5.02 Å². The Bertz CT molecular complexity index is 649. The van der Waals surface area contributed by atoms with Crippen molar-refractivity contribution in [1.82, 2.24) is 0 Å². The zero-order valence-electron chi connectivity index (χ0n) is 12.2. The van der Waals surface area contributed by atoms with Gasteiger partial charge in [-0.15, -0.1) is 0 Å². The van der Waals surface area contributed by atoms with Gasteiger partial charge in [0, 0.05) is 13.0 Å². The highest BCUT2D eigenvalue weighted by Crippen LogP contribution is 2.31. The standard InChI is InChI=1S/C14H20ClN3O3S/c15-12-6-5-11(18-8-1-2-9-22(18,20)21)10-13(12)17-14(19)4-3-7-16/h5-6,10H,1-4,7-9,16H2,(H,17,19). The molecule has 1 amide bonds. The molecule has 0 bridgehead atoms. The van der Waals surface area contributed by atoms with Crippen LogP contribution in [-0.2, 0) is 14.8 Å². The highest BCUT2D eigenvalue weighted by Gasteiger charge is 2.26. The number of carbonyl (C=O) groups is 1. The van der Waals surface area contributed by atoms with Crippen molar-refractivity contribution in [3.63, 3.8) is 0 Å². The first kappa shape index (κ1) is 17.1. The van der Waals surface area contributed by atoms with Crippen LogP contribution in [0, 0.1) is 0 Å². The van der Waals surface area contributed by atoms with E-state index in [4.69, 9.17) is 17.3 Å². The van der Waals surface area contributed by atoms with Gasteiger partial charge in [-0.1, -0.05) is 11.6 Å². The Morgan fingerprint density at radius 3 is 2.82 bits per heavy atom. The van der Waals surface area contributed by atoms with Crippen molar-refractivity contribution in [3.05, 3.63) is 23.2 Å². The molecule has 0 aromatic heterocycles. The number of anilines is 2. The van der Waals surface area contributed by atoms with Crippen molar-refractivity contribution in [1.29, 1.82) is 0 Å². The maximum absolute atomic E-state index is 12.1. The monoisotopic (exact) mass is 345 g/mol. The Morgan fingerprint density at radius 1 is 1.36 bits per heavy atom. The second kappa shape index (κ2) is 7.30. The van der Waals surface area contributed by atoms with Gasteiger partial charge in [0.15, 0.2) is 0 Å². The molecule has 0 aliphatic carbocycles. The SMILES string of the molecule is NCCCC(=O)Nc1cc(N2CCCCS2(=O)=O)ccc1Cl. The minimum atomic E-state index is -3.29. The van der Waals surface area contributed by atoms with E-state index in [0.29, 0.717) is 48.7 Å². The molecule has 3 N–H and O–H groups in total. The first-order valence-corrected chi connectivity index (χ1v) is 9.22. The number of nitrogens with zero attached hydrogens (tertiary/aromatic N) is 1. The average Bonchev–Trinajstić information content (AvgIpc) is 2.47. The summed E-state index contributed by atoms with van der Waals surface area (Å²) in [6.07, 6.45) is 2.39. The molecule has 122 valence electrons. The second-order valence-electron chi connectivity index (χ2n) is 5.20. The Hall–Kier alpha value is -1.31. The van der Waals surface area contributed by atoms with E-state index in [0.717, 1.165) is 6.42 Å². The van der Waals surface area contributed by atoms with Gasteiger partial charge in [0.2, 0.25) is 15.9 Å². The Morgan fingerprint density at radius 2 is 2.14 bits per heavy atom. The maximum atomic E-state index is 12.1. The van der Waals surface area contributed by atoms with Crippen molar-refractivity contribution in [3.8, 4) is 0 Å². The lowest BCUT2D eigenvalue weighted by atomic mass is 10.2. The summed E-state index contributed by atoms with van der Waals surface area (Å²) in [5.74, 6) is -0.0422. The van der Waals surface area contributed by atoms with E-state index in [-0.39, 0.29) is 11.7 Å². The lowest BCUT2D eigenvalue weighted by molar-refractivity contribution is -0.116. The highest BCUT2D eigenvalue weighted by atomic mass is 35.5. The molecule has 1 heterocycles. The van der Waals surface area contributed by atoms with Crippen LogP contribution in [0.25, 0.3) is 0 Å². The van der Waals surface area contributed by atoms with Crippen LogP contribution in [0.3, 0.4) is 0 Å². The van der Waals surface area contributed by atoms with E-state index in [1.807, 2.05) is 0 Å². The van der Waals surface area contributed by atoms with Crippen molar-refractivity contribution in [2.45, 2.75) is 25.7 Å². The topological polar surface area (TPSA) is 92.5 Å². The molecule has 1 aliphatic heterocycles. The van der Waals surface area contributed by atoms with E-state index >= 15 is 0 Å². The van der Waals surface area contributed by atoms with Gasteiger partial charge in [0.05, 0.1) is 22.2 Å². The van der Waals surface area contributed by atoms with Gasteiger partial charge in [0.25, 0.3) is 0 Å². The van der Waals surface area contributed by atoms with Gasteiger partial charge < -0.3 is 11.1 Å². The van der Waals surface area contributed by atoms with Crippen molar-refractivity contribution in [2.75, 3.05) is 28.5 Å². The number of sulfonamides is 1. The number of halogens is 1. The minimum Gasteiger partial charge on any atom is -0.330 e. The molecule has 1 fully saturated rings. The van der Waals surface area contributed by atoms with Gasteiger partial charge in [-0.05, 0) is 44.0 Å². The number of nitrogens with two attached hydrogens (primary N) is 1. The zero-order chi connectivity index (χ0) is 16.2. The summed E-state index contributed by atoms with van der Waals surface area (Å²) in [4.78, 5) is 11.8. The van der Waals surface area contributed by atoms with E-state index in [2.05, 4.69) is 5.32 Å². The summed E-state index contributed by atoms with van der Waals surface area (Å²) in [7, 11) is -3.29. The lowest BCUT2D eigenvalue weighted by Gasteiger charge is -2.28. The number of amides is 1. The molecule has 1 aliphatic rings. The third-order valence-corrected chi connectivity index (χ3v) is 5.67. The molecule has 0 spiro atoms. The van der Waals surface area contributed by atoms with E-state index in [1.54, 1.807) is 18.2 Å². The van der Waals surface area contributed by atoms with Crippen LogP contribution >= 0.6 is 11.6 Å². The van der Waals surface area contributed by atoms with Crippen LogP contribution in [-0.4, -0.2) is 33.2 Å². The van der Waals surface area contributed by atoms with Crippen LogP contribution in [0.1, 0.15) is 25.7 Å². The molecule has 0 radical (unpaired) electrons. The number of rotatable bonds is 5. The van der Waals surface area contributed by atoms with Crippen LogP contribution in [0.4, 0.5) is 11.4 Å².